The molecule has 0 radical (unpaired) electrons. The number of rotatable bonds is 2. The van der Waals surface area contributed by atoms with E-state index >= 15 is 0 Å². The van der Waals surface area contributed by atoms with E-state index in [9.17, 15) is 4.79 Å². The van der Waals surface area contributed by atoms with Crippen molar-refractivity contribution in [1.29, 1.82) is 0 Å². The highest BCUT2D eigenvalue weighted by Gasteiger charge is 2.15. The average Bonchev–Trinajstić information content (AvgIpc) is 3.06. The molecule has 0 unspecified atom stereocenters. The van der Waals surface area contributed by atoms with Gasteiger partial charge in [-0.2, -0.15) is 0 Å². The second kappa shape index (κ2) is 6.45. The Balaban J connectivity index is 1.44. The third-order valence-electron chi connectivity index (χ3n) is 3.68. The first kappa shape index (κ1) is 15.5. The van der Waals surface area contributed by atoms with E-state index in [0.717, 1.165) is 5.39 Å². The van der Waals surface area contributed by atoms with Crippen LogP contribution < -0.4 is 20.1 Å². The summed E-state index contributed by atoms with van der Waals surface area (Å²) in [7, 11) is 0. The molecule has 0 saturated heterocycles. The molecule has 1 amide bonds. The fraction of sp³-hybridized carbons (Fsp3) is 0.111. The summed E-state index contributed by atoms with van der Waals surface area (Å²) in [5.41, 5.74) is 1.34. The topological polar surface area (TPSA) is 72.7 Å². The van der Waals surface area contributed by atoms with Crippen LogP contribution in [0.25, 0.3) is 11.0 Å². The molecular weight excluding hydrogens is 340 g/mol. The van der Waals surface area contributed by atoms with Crippen LogP contribution in [0.15, 0.2) is 52.9 Å². The van der Waals surface area contributed by atoms with Crippen molar-refractivity contribution in [1.82, 2.24) is 5.32 Å². The fourth-order valence-corrected chi connectivity index (χ4v) is 2.75. The molecule has 6 nitrogen and oxygen atoms in total. The lowest BCUT2D eigenvalue weighted by molar-refractivity contribution is 0.0953. The standard InChI is InChI=1S/C18H14N2O4S/c21-17(16-9-11-3-1-2-4-13(11)24-16)20-18(25)19-12-5-6-14-15(10-12)23-8-7-22-14/h1-6,9-10H,7-8H2,(H2,19,20,21,25). The van der Waals surface area contributed by atoms with Crippen LogP contribution in [-0.4, -0.2) is 24.2 Å². The first-order chi connectivity index (χ1) is 12.2. The van der Waals surface area contributed by atoms with Crippen LogP contribution in [0.3, 0.4) is 0 Å². The molecular formula is C18H14N2O4S. The fourth-order valence-electron chi connectivity index (χ4n) is 2.54. The Kier molecular flexibility index (Phi) is 3.99. The van der Waals surface area contributed by atoms with Gasteiger partial charge < -0.3 is 19.2 Å². The van der Waals surface area contributed by atoms with Gasteiger partial charge in [-0.3, -0.25) is 10.1 Å². The Hall–Kier alpha value is -3.06. The molecule has 2 heterocycles. The summed E-state index contributed by atoms with van der Waals surface area (Å²) >= 11 is 5.19. The molecule has 0 fully saturated rings. The van der Waals surface area contributed by atoms with Crippen molar-refractivity contribution in [3.63, 3.8) is 0 Å². The summed E-state index contributed by atoms with van der Waals surface area (Å²) in [6, 6.07) is 14.5. The monoisotopic (exact) mass is 354 g/mol. The largest absolute Gasteiger partial charge is 0.486 e. The molecule has 0 spiro atoms. The number of carbonyl (C=O) groups excluding carboxylic acids is 1. The van der Waals surface area contributed by atoms with Crippen LogP contribution >= 0.6 is 12.2 Å². The third kappa shape index (κ3) is 3.27. The number of hydrogen-bond acceptors (Lipinski definition) is 5. The molecule has 3 aromatic rings. The van der Waals surface area contributed by atoms with E-state index < -0.39 is 5.91 Å². The lowest BCUT2D eigenvalue weighted by Crippen LogP contribution is -2.33. The molecule has 4 rings (SSSR count). The first-order valence-corrected chi connectivity index (χ1v) is 8.10. The molecule has 2 N–H and O–H groups in total. The van der Waals surface area contributed by atoms with E-state index in [2.05, 4.69) is 10.6 Å². The highest BCUT2D eigenvalue weighted by Crippen LogP contribution is 2.32. The van der Waals surface area contributed by atoms with Crippen LogP contribution in [0.1, 0.15) is 10.6 Å². The van der Waals surface area contributed by atoms with E-state index in [1.165, 1.54) is 0 Å². The van der Waals surface area contributed by atoms with Gasteiger partial charge in [0.2, 0.25) is 0 Å². The predicted molar refractivity (Wildman–Crippen MR) is 97.3 cm³/mol. The van der Waals surface area contributed by atoms with Gasteiger partial charge in [-0.15, -0.1) is 0 Å². The van der Waals surface area contributed by atoms with Crippen molar-refractivity contribution in [2.24, 2.45) is 0 Å². The minimum Gasteiger partial charge on any atom is -0.486 e. The molecule has 1 aliphatic heterocycles. The van der Waals surface area contributed by atoms with E-state index in [-0.39, 0.29) is 10.9 Å². The summed E-state index contributed by atoms with van der Waals surface area (Å²) in [6.45, 7) is 1.04. The van der Waals surface area contributed by atoms with Gasteiger partial charge in [-0.05, 0) is 36.5 Å². The third-order valence-corrected chi connectivity index (χ3v) is 3.88. The lowest BCUT2D eigenvalue weighted by atomic mass is 10.2. The Morgan fingerprint density at radius 1 is 1.00 bits per heavy atom. The van der Waals surface area contributed by atoms with Gasteiger partial charge >= 0.3 is 0 Å². The van der Waals surface area contributed by atoms with Crippen LogP contribution in [0.2, 0.25) is 0 Å². The number of fused-ring (bicyclic) bond motifs is 2. The first-order valence-electron chi connectivity index (χ1n) is 7.69. The minimum atomic E-state index is -0.411. The van der Waals surface area contributed by atoms with Crippen molar-refractivity contribution in [2.45, 2.75) is 0 Å². The van der Waals surface area contributed by atoms with Gasteiger partial charge in [0.05, 0.1) is 0 Å². The number of benzene rings is 2. The number of amides is 1. The minimum absolute atomic E-state index is 0.169. The summed E-state index contributed by atoms with van der Waals surface area (Å²) in [6.07, 6.45) is 0. The predicted octanol–water partition coefficient (Wildman–Crippen LogP) is 3.33. The summed E-state index contributed by atoms with van der Waals surface area (Å²) in [5, 5.41) is 6.58. The van der Waals surface area contributed by atoms with Crippen molar-refractivity contribution in [2.75, 3.05) is 18.5 Å². The van der Waals surface area contributed by atoms with E-state index in [0.29, 0.717) is 36.0 Å². The number of para-hydroxylation sites is 1. The van der Waals surface area contributed by atoms with Crippen molar-refractivity contribution >= 4 is 39.9 Å². The van der Waals surface area contributed by atoms with Crippen molar-refractivity contribution in [3.8, 4) is 11.5 Å². The second-order valence-electron chi connectivity index (χ2n) is 5.42. The number of carbonyl (C=O) groups is 1. The second-order valence-corrected chi connectivity index (χ2v) is 5.82. The Bertz CT molecular complexity index is 934. The normalized spacial score (nSPS) is 12.6. The number of nitrogens with one attached hydrogen (secondary N) is 2. The van der Waals surface area contributed by atoms with Crippen molar-refractivity contribution < 1.29 is 18.7 Å². The molecule has 2 aromatic carbocycles. The summed E-state index contributed by atoms with van der Waals surface area (Å²) in [5.74, 6) is 1.12. The van der Waals surface area contributed by atoms with Crippen molar-refractivity contribution in [3.05, 3.63) is 54.3 Å². The van der Waals surface area contributed by atoms with Crippen LogP contribution in [-0.2, 0) is 0 Å². The Morgan fingerprint density at radius 3 is 2.64 bits per heavy atom. The lowest BCUT2D eigenvalue weighted by Gasteiger charge is -2.19. The zero-order chi connectivity index (χ0) is 17.2. The smallest absolute Gasteiger partial charge is 0.293 e. The zero-order valence-corrected chi connectivity index (χ0v) is 13.9. The van der Waals surface area contributed by atoms with E-state index in [1.807, 2.05) is 18.2 Å². The van der Waals surface area contributed by atoms with Gasteiger partial charge in [0, 0.05) is 17.1 Å². The maximum Gasteiger partial charge on any atom is 0.293 e. The van der Waals surface area contributed by atoms with E-state index in [1.54, 1.807) is 30.3 Å². The molecule has 1 aromatic heterocycles. The number of furan rings is 1. The van der Waals surface area contributed by atoms with Gasteiger partial charge in [0.1, 0.15) is 18.8 Å². The maximum absolute atomic E-state index is 12.3. The Labute approximate surface area is 148 Å². The molecule has 0 bridgehead atoms. The molecule has 0 saturated carbocycles. The Morgan fingerprint density at radius 2 is 1.80 bits per heavy atom. The molecule has 7 heteroatoms. The van der Waals surface area contributed by atoms with Gasteiger partial charge in [-0.25, -0.2) is 0 Å². The van der Waals surface area contributed by atoms with Gasteiger partial charge in [0.25, 0.3) is 5.91 Å². The molecule has 0 aliphatic carbocycles. The number of ether oxygens (including phenoxy) is 2. The highest BCUT2D eigenvalue weighted by atomic mass is 32.1. The molecule has 1 aliphatic rings. The summed E-state index contributed by atoms with van der Waals surface area (Å²) < 4.78 is 16.5. The molecule has 0 atom stereocenters. The van der Waals surface area contributed by atoms with Gasteiger partial charge in [-0.1, -0.05) is 18.2 Å². The van der Waals surface area contributed by atoms with E-state index in [4.69, 9.17) is 26.1 Å². The number of thiocarbonyl (C=S) groups is 1. The summed E-state index contributed by atoms with van der Waals surface area (Å²) in [4.78, 5) is 12.3. The maximum atomic E-state index is 12.3. The molecule has 25 heavy (non-hydrogen) atoms. The number of anilines is 1. The average molecular weight is 354 g/mol. The van der Waals surface area contributed by atoms with Crippen LogP contribution in [0, 0.1) is 0 Å². The molecule has 126 valence electrons. The van der Waals surface area contributed by atoms with Crippen LogP contribution in [0.4, 0.5) is 5.69 Å². The zero-order valence-electron chi connectivity index (χ0n) is 13.1. The number of hydrogen-bond donors (Lipinski definition) is 2. The SMILES string of the molecule is O=C(NC(=S)Nc1ccc2c(c1)OCCO2)c1cc2ccccc2o1. The highest BCUT2D eigenvalue weighted by molar-refractivity contribution is 7.80. The van der Waals surface area contributed by atoms with Gasteiger partial charge in [0.15, 0.2) is 22.4 Å². The quantitative estimate of drug-likeness (QED) is 0.688. The van der Waals surface area contributed by atoms with Crippen LogP contribution in [0.5, 0.6) is 11.5 Å².